The van der Waals surface area contributed by atoms with Gasteiger partial charge in [-0.05, 0) is 25.0 Å². The first-order chi connectivity index (χ1) is 6.11. The van der Waals surface area contributed by atoms with Gasteiger partial charge in [-0.25, -0.2) is 4.79 Å². The minimum atomic E-state index is -1.10. The van der Waals surface area contributed by atoms with E-state index in [2.05, 4.69) is 0 Å². The zero-order valence-electron chi connectivity index (χ0n) is 7.50. The molecule has 0 fully saturated rings. The Hall–Kier alpha value is -1.35. The highest BCUT2D eigenvalue weighted by Gasteiger charge is 2.33. The molecule has 3 heteroatoms. The van der Waals surface area contributed by atoms with E-state index in [0.29, 0.717) is 11.3 Å². The summed E-state index contributed by atoms with van der Waals surface area (Å²) in [5.74, 6) is -0.0510. The van der Waals surface area contributed by atoms with E-state index in [1.165, 1.54) is 0 Å². The summed E-state index contributed by atoms with van der Waals surface area (Å²) in [6.07, 6.45) is -1.10. The summed E-state index contributed by atoms with van der Waals surface area (Å²) in [5, 5.41) is 9.48. The Morgan fingerprint density at radius 1 is 1.31 bits per heavy atom. The van der Waals surface area contributed by atoms with Gasteiger partial charge in [-0.15, -0.1) is 0 Å². The third kappa shape index (κ3) is 1.04. The molecule has 0 spiro atoms. The molecule has 1 heterocycles. The number of esters is 1. The van der Waals surface area contributed by atoms with Crippen LogP contribution in [0.4, 0.5) is 0 Å². The van der Waals surface area contributed by atoms with E-state index in [1.54, 1.807) is 0 Å². The fraction of sp³-hybridized carbons (Fsp3) is 0.300. The molecule has 1 atom stereocenters. The number of benzene rings is 1. The number of rotatable bonds is 0. The molecule has 2 rings (SSSR count). The van der Waals surface area contributed by atoms with Crippen LogP contribution in [0.25, 0.3) is 0 Å². The smallest absolute Gasteiger partial charge is 0.345 e. The summed E-state index contributed by atoms with van der Waals surface area (Å²) >= 11 is 0. The minimum absolute atomic E-state index is 0.525. The van der Waals surface area contributed by atoms with E-state index < -0.39 is 12.1 Å². The van der Waals surface area contributed by atoms with Crippen LogP contribution in [0.3, 0.4) is 0 Å². The second kappa shape index (κ2) is 2.57. The Kier molecular flexibility index (Phi) is 1.63. The topological polar surface area (TPSA) is 46.5 Å². The number of carbonyl (C=O) groups excluding carboxylic acids is 1. The number of hydrogen-bond donors (Lipinski definition) is 1. The maximum atomic E-state index is 11.1. The second-order valence-electron chi connectivity index (χ2n) is 3.27. The van der Waals surface area contributed by atoms with Crippen molar-refractivity contribution in [2.45, 2.75) is 20.0 Å². The Balaban J connectivity index is 2.68. The first-order valence-electron chi connectivity index (χ1n) is 4.11. The Labute approximate surface area is 76.0 Å². The predicted molar refractivity (Wildman–Crippen MR) is 46.5 cm³/mol. The van der Waals surface area contributed by atoms with Gasteiger partial charge in [-0.2, -0.15) is 0 Å². The Bertz CT molecular complexity index is 382. The highest BCUT2D eigenvalue weighted by atomic mass is 16.6. The van der Waals surface area contributed by atoms with E-state index in [0.717, 1.165) is 11.1 Å². The van der Waals surface area contributed by atoms with Gasteiger partial charge < -0.3 is 9.84 Å². The first kappa shape index (κ1) is 8.26. The molecule has 13 heavy (non-hydrogen) atoms. The lowest BCUT2D eigenvalue weighted by atomic mass is 10.0. The number of carbonyl (C=O) groups is 1. The van der Waals surface area contributed by atoms with Crippen LogP contribution in [-0.4, -0.2) is 11.1 Å². The molecular formula is C10H10O3. The molecule has 0 saturated carbocycles. The number of hydrogen-bond acceptors (Lipinski definition) is 3. The van der Waals surface area contributed by atoms with Gasteiger partial charge in [-0.1, -0.05) is 12.1 Å². The number of aliphatic hydroxyl groups is 1. The molecule has 0 amide bonds. The van der Waals surface area contributed by atoms with Gasteiger partial charge in [0, 0.05) is 5.56 Å². The highest BCUT2D eigenvalue weighted by Crippen LogP contribution is 2.37. The SMILES string of the molecule is Cc1ccc(C)c2c1OC(=O)C2O. The monoisotopic (exact) mass is 178 g/mol. The van der Waals surface area contributed by atoms with Gasteiger partial charge in [-0.3, -0.25) is 0 Å². The first-order valence-corrected chi connectivity index (χ1v) is 4.11. The number of ether oxygens (including phenoxy) is 1. The van der Waals surface area contributed by atoms with Crippen LogP contribution in [0.15, 0.2) is 12.1 Å². The molecule has 1 unspecified atom stereocenters. The van der Waals surface area contributed by atoms with Crippen molar-refractivity contribution in [2.75, 3.05) is 0 Å². The lowest BCUT2D eigenvalue weighted by Gasteiger charge is -2.04. The molecule has 1 aromatic carbocycles. The molecule has 0 bridgehead atoms. The number of fused-ring (bicyclic) bond motifs is 1. The zero-order valence-corrected chi connectivity index (χ0v) is 7.50. The summed E-state index contributed by atoms with van der Waals surface area (Å²) in [7, 11) is 0. The summed E-state index contributed by atoms with van der Waals surface area (Å²) in [4.78, 5) is 11.1. The van der Waals surface area contributed by atoms with Crippen LogP contribution >= 0.6 is 0 Å². The maximum absolute atomic E-state index is 11.1. The van der Waals surface area contributed by atoms with Crippen molar-refractivity contribution in [2.24, 2.45) is 0 Å². The minimum Gasteiger partial charge on any atom is -0.424 e. The lowest BCUT2D eigenvalue weighted by Crippen LogP contribution is -2.09. The van der Waals surface area contributed by atoms with Gasteiger partial charge in [0.1, 0.15) is 5.75 Å². The molecule has 0 saturated heterocycles. The molecule has 1 aliphatic heterocycles. The van der Waals surface area contributed by atoms with Crippen molar-refractivity contribution in [3.8, 4) is 5.75 Å². The fourth-order valence-electron chi connectivity index (χ4n) is 1.56. The Morgan fingerprint density at radius 3 is 2.54 bits per heavy atom. The normalized spacial score (nSPS) is 19.9. The maximum Gasteiger partial charge on any atom is 0.345 e. The van der Waals surface area contributed by atoms with E-state index in [4.69, 9.17) is 4.74 Å². The number of aryl methyl sites for hydroxylation is 2. The molecule has 68 valence electrons. The Morgan fingerprint density at radius 2 is 1.92 bits per heavy atom. The average molecular weight is 178 g/mol. The second-order valence-corrected chi connectivity index (χ2v) is 3.27. The van der Waals surface area contributed by atoms with Crippen LogP contribution in [0, 0.1) is 13.8 Å². The molecule has 1 aromatic rings. The predicted octanol–water partition coefficient (Wildman–Crippen LogP) is 1.26. The molecule has 0 aromatic heterocycles. The van der Waals surface area contributed by atoms with Crippen LogP contribution in [0.2, 0.25) is 0 Å². The van der Waals surface area contributed by atoms with E-state index in [-0.39, 0.29) is 0 Å². The van der Waals surface area contributed by atoms with Gasteiger partial charge in [0.15, 0.2) is 6.10 Å². The third-order valence-electron chi connectivity index (χ3n) is 2.31. The summed E-state index contributed by atoms with van der Waals surface area (Å²) in [6.45, 7) is 3.70. The molecule has 1 aliphatic rings. The lowest BCUT2D eigenvalue weighted by molar-refractivity contribution is -0.140. The van der Waals surface area contributed by atoms with Crippen LogP contribution in [0.5, 0.6) is 5.75 Å². The van der Waals surface area contributed by atoms with E-state index in [1.807, 2.05) is 26.0 Å². The third-order valence-corrected chi connectivity index (χ3v) is 2.31. The van der Waals surface area contributed by atoms with Crippen LogP contribution in [-0.2, 0) is 4.79 Å². The van der Waals surface area contributed by atoms with Crippen molar-refractivity contribution >= 4 is 5.97 Å². The largest absolute Gasteiger partial charge is 0.424 e. The summed E-state index contributed by atoms with van der Waals surface area (Å²) in [6, 6.07) is 3.75. The van der Waals surface area contributed by atoms with Crippen molar-refractivity contribution in [1.29, 1.82) is 0 Å². The quantitative estimate of drug-likeness (QED) is 0.480. The van der Waals surface area contributed by atoms with Gasteiger partial charge in [0.25, 0.3) is 0 Å². The van der Waals surface area contributed by atoms with Crippen molar-refractivity contribution in [1.82, 2.24) is 0 Å². The van der Waals surface area contributed by atoms with Crippen LogP contribution < -0.4 is 4.74 Å². The molecule has 0 radical (unpaired) electrons. The van der Waals surface area contributed by atoms with Crippen molar-refractivity contribution in [3.05, 3.63) is 28.8 Å². The van der Waals surface area contributed by atoms with Crippen LogP contribution in [0.1, 0.15) is 22.8 Å². The molecular weight excluding hydrogens is 168 g/mol. The number of aliphatic hydroxyl groups excluding tert-OH is 1. The van der Waals surface area contributed by atoms with Crippen molar-refractivity contribution in [3.63, 3.8) is 0 Å². The summed E-state index contributed by atoms with van der Waals surface area (Å²) in [5.41, 5.74) is 2.38. The molecule has 3 nitrogen and oxygen atoms in total. The highest BCUT2D eigenvalue weighted by molar-refractivity contribution is 5.85. The fourth-order valence-corrected chi connectivity index (χ4v) is 1.56. The average Bonchev–Trinajstić information content (AvgIpc) is 2.38. The van der Waals surface area contributed by atoms with Gasteiger partial charge in [0.05, 0.1) is 0 Å². The van der Waals surface area contributed by atoms with E-state index >= 15 is 0 Å². The van der Waals surface area contributed by atoms with E-state index in [9.17, 15) is 9.90 Å². The van der Waals surface area contributed by atoms with Gasteiger partial charge in [0.2, 0.25) is 0 Å². The van der Waals surface area contributed by atoms with Crippen molar-refractivity contribution < 1.29 is 14.6 Å². The zero-order chi connectivity index (χ0) is 9.59. The summed E-state index contributed by atoms with van der Waals surface area (Å²) < 4.78 is 4.94. The van der Waals surface area contributed by atoms with Gasteiger partial charge >= 0.3 is 5.97 Å². The molecule has 1 N–H and O–H groups in total. The molecule has 0 aliphatic carbocycles. The standard InChI is InChI=1S/C10H10O3/c1-5-3-4-6(2)9-7(5)8(11)10(12)13-9/h3-4,8,11H,1-2H3.